The van der Waals surface area contributed by atoms with Crippen molar-refractivity contribution in [3.8, 4) is 11.8 Å². The minimum absolute atomic E-state index is 0.0787. The predicted octanol–water partition coefficient (Wildman–Crippen LogP) is 3.71. The molecule has 1 aromatic carbocycles. The van der Waals surface area contributed by atoms with E-state index in [1.807, 2.05) is 19.1 Å². The molecular formula is C16H18N2O3. The fourth-order valence-electron chi connectivity index (χ4n) is 1.89. The van der Waals surface area contributed by atoms with Crippen molar-refractivity contribution in [2.75, 3.05) is 0 Å². The second kappa shape index (κ2) is 5.91. The zero-order valence-corrected chi connectivity index (χ0v) is 12.5. The zero-order chi connectivity index (χ0) is 15.6. The van der Waals surface area contributed by atoms with Gasteiger partial charge >= 0.3 is 12.0 Å². The van der Waals surface area contributed by atoms with Crippen molar-refractivity contribution in [3.63, 3.8) is 0 Å². The minimum Gasteiger partial charge on any atom is -0.478 e. The Bertz CT molecular complexity index is 681. The van der Waals surface area contributed by atoms with Gasteiger partial charge in [0.1, 0.15) is 5.75 Å². The average Bonchev–Trinajstić information content (AvgIpc) is 2.40. The zero-order valence-electron chi connectivity index (χ0n) is 12.5. The summed E-state index contributed by atoms with van der Waals surface area (Å²) in [6.45, 7) is 7.78. The van der Waals surface area contributed by atoms with E-state index in [4.69, 9.17) is 9.84 Å². The Hall–Kier alpha value is -2.43. The van der Waals surface area contributed by atoms with Crippen molar-refractivity contribution in [2.24, 2.45) is 0 Å². The number of aromatic nitrogens is 2. The van der Waals surface area contributed by atoms with Crippen LogP contribution in [0.4, 0.5) is 0 Å². The number of rotatable bonds is 4. The molecule has 0 aliphatic heterocycles. The van der Waals surface area contributed by atoms with E-state index in [9.17, 15) is 4.79 Å². The topological polar surface area (TPSA) is 72.3 Å². The largest absolute Gasteiger partial charge is 0.478 e. The van der Waals surface area contributed by atoms with Gasteiger partial charge in [0, 0.05) is 6.20 Å². The Morgan fingerprint density at radius 1 is 1.29 bits per heavy atom. The molecule has 21 heavy (non-hydrogen) atoms. The molecule has 0 radical (unpaired) electrons. The molecule has 1 N–H and O–H groups in total. The van der Waals surface area contributed by atoms with Crippen LogP contribution in [0.25, 0.3) is 0 Å². The number of carboxylic acid groups (broad SMARTS) is 1. The molecule has 2 rings (SSSR count). The molecule has 0 spiro atoms. The van der Waals surface area contributed by atoms with Gasteiger partial charge in [-0.25, -0.2) is 9.78 Å². The van der Waals surface area contributed by atoms with E-state index in [0.717, 1.165) is 11.1 Å². The highest BCUT2D eigenvalue weighted by molar-refractivity contribution is 5.88. The first-order chi connectivity index (χ1) is 9.88. The van der Waals surface area contributed by atoms with Gasteiger partial charge in [-0.3, -0.25) is 0 Å². The number of aromatic carboxylic acids is 1. The van der Waals surface area contributed by atoms with E-state index >= 15 is 0 Å². The summed E-state index contributed by atoms with van der Waals surface area (Å²) < 4.78 is 5.70. The van der Waals surface area contributed by atoms with E-state index in [1.165, 1.54) is 6.20 Å². The highest BCUT2D eigenvalue weighted by atomic mass is 16.5. The van der Waals surface area contributed by atoms with Gasteiger partial charge in [-0.05, 0) is 37.0 Å². The van der Waals surface area contributed by atoms with Crippen LogP contribution in [0, 0.1) is 13.8 Å². The molecule has 0 amide bonds. The normalized spacial score (nSPS) is 10.7. The van der Waals surface area contributed by atoms with Crippen LogP contribution < -0.4 is 4.74 Å². The number of aryl methyl sites for hydroxylation is 2. The summed E-state index contributed by atoms with van der Waals surface area (Å²) in [4.78, 5) is 19.0. The highest BCUT2D eigenvalue weighted by Crippen LogP contribution is 2.27. The van der Waals surface area contributed by atoms with Gasteiger partial charge < -0.3 is 9.84 Å². The van der Waals surface area contributed by atoms with Gasteiger partial charge in [0.05, 0.1) is 11.3 Å². The van der Waals surface area contributed by atoms with Crippen LogP contribution in [0.5, 0.6) is 11.8 Å². The van der Waals surface area contributed by atoms with Gasteiger partial charge in [-0.15, -0.1) is 0 Å². The Kier molecular flexibility index (Phi) is 4.21. The van der Waals surface area contributed by atoms with Crippen LogP contribution in [0.3, 0.4) is 0 Å². The van der Waals surface area contributed by atoms with Gasteiger partial charge in [0.15, 0.2) is 0 Å². The maximum absolute atomic E-state index is 10.9. The molecule has 5 heteroatoms. The molecule has 110 valence electrons. The lowest BCUT2D eigenvalue weighted by molar-refractivity contribution is 0.0695. The van der Waals surface area contributed by atoms with Crippen LogP contribution in [0.2, 0.25) is 0 Å². The first-order valence-electron chi connectivity index (χ1n) is 6.74. The van der Waals surface area contributed by atoms with Crippen LogP contribution in [0.15, 0.2) is 24.4 Å². The Morgan fingerprint density at radius 2 is 2.00 bits per heavy atom. The molecule has 2 aromatic rings. The van der Waals surface area contributed by atoms with Gasteiger partial charge in [-0.2, -0.15) is 4.98 Å². The maximum Gasteiger partial charge on any atom is 0.339 e. The summed E-state index contributed by atoms with van der Waals surface area (Å²) in [5, 5.41) is 8.97. The molecule has 0 bridgehead atoms. The van der Waals surface area contributed by atoms with Crippen LogP contribution in [-0.2, 0) is 0 Å². The molecule has 0 atom stereocenters. The van der Waals surface area contributed by atoms with Crippen molar-refractivity contribution < 1.29 is 14.6 Å². The van der Waals surface area contributed by atoms with Crippen molar-refractivity contribution in [3.05, 3.63) is 46.8 Å². The lowest BCUT2D eigenvalue weighted by Gasteiger charge is -2.12. The van der Waals surface area contributed by atoms with E-state index in [-0.39, 0.29) is 11.6 Å². The fourth-order valence-corrected chi connectivity index (χ4v) is 1.89. The molecular weight excluding hydrogens is 268 g/mol. The summed E-state index contributed by atoms with van der Waals surface area (Å²) in [6, 6.07) is 6.17. The van der Waals surface area contributed by atoms with Gasteiger partial charge in [-0.1, -0.05) is 26.0 Å². The molecule has 5 nitrogen and oxygen atoms in total. The van der Waals surface area contributed by atoms with Crippen molar-refractivity contribution in [2.45, 2.75) is 33.6 Å². The van der Waals surface area contributed by atoms with E-state index < -0.39 is 5.97 Å². The van der Waals surface area contributed by atoms with Gasteiger partial charge in [0.25, 0.3) is 0 Å². The Labute approximate surface area is 123 Å². The highest BCUT2D eigenvalue weighted by Gasteiger charge is 2.12. The van der Waals surface area contributed by atoms with E-state index in [1.54, 1.807) is 6.92 Å². The standard InChI is InChI=1S/C16H18N2O3/c1-9(2)12-6-5-10(3)14(7-12)21-16-17-8-13(15(19)20)11(4)18-16/h5-9H,1-4H3,(H,19,20). The Balaban J connectivity index is 2.32. The smallest absolute Gasteiger partial charge is 0.339 e. The third kappa shape index (κ3) is 3.37. The third-order valence-electron chi connectivity index (χ3n) is 3.27. The monoisotopic (exact) mass is 286 g/mol. The number of hydrogen-bond donors (Lipinski definition) is 1. The number of nitrogens with zero attached hydrogens (tertiary/aromatic N) is 2. The molecule has 1 aromatic heterocycles. The summed E-state index contributed by atoms with van der Waals surface area (Å²) in [5.74, 6) is 0.0331. The summed E-state index contributed by atoms with van der Waals surface area (Å²) in [7, 11) is 0. The van der Waals surface area contributed by atoms with Crippen LogP contribution in [0.1, 0.15) is 46.9 Å². The third-order valence-corrected chi connectivity index (χ3v) is 3.27. The number of ether oxygens (including phenoxy) is 1. The summed E-state index contributed by atoms with van der Waals surface area (Å²) >= 11 is 0. The Morgan fingerprint density at radius 3 is 2.57 bits per heavy atom. The molecule has 0 aliphatic rings. The van der Waals surface area contributed by atoms with E-state index in [2.05, 4.69) is 29.9 Å². The molecule has 0 saturated heterocycles. The molecule has 0 unspecified atom stereocenters. The molecule has 1 heterocycles. The number of carbonyl (C=O) groups is 1. The first-order valence-corrected chi connectivity index (χ1v) is 6.74. The van der Waals surface area contributed by atoms with Crippen molar-refractivity contribution in [1.82, 2.24) is 9.97 Å². The lowest BCUT2D eigenvalue weighted by Crippen LogP contribution is -2.04. The summed E-state index contributed by atoms with van der Waals surface area (Å²) in [6.07, 6.45) is 1.27. The predicted molar refractivity (Wildman–Crippen MR) is 79.1 cm³/mol. The van der Waals surface area contributed by atoms with E-state index in [0.29, 0.717) is 17.4 Å². The number of hydrogen-bond acceptors (Lipinski definition) is 4. The quantitative estimate of drug-likeness (QED) is 0.927. The van der Waals surface area contributed by atoms with Crippen molar-refractivity contribution >= 4 is 5.97 Å². The molecule has 0 fully saturated rings. The van der Waals surface area contributed by atoms with Crippen molar-refractivity contribution in [1.29, 1.82) is 0 Å². The first kappa shape index (κ1) is 15.0. The SMILES string of the molecule is Cc1ccc(C(C)C)cc1Oc1ncc(C(=O)O)c(C)n1. The average molecular weight is 286 g/mol. The second-order valence-electron chi connectivity index (χ2n) is 5.24. The second-order valence-corrected chi connectivity index (χ2v) is 5.24. The molecule has 0 aliphatic carbocycles. The van der Waals surface area contributed by atoms with Crippen LogP contribution >= 0.6 is 0 Å². The fraction of sp³-hybridized carbons (Fsp3) is 0.312. The summed E-state index contributed by atoms with van der Waals surface area (Å²) in [5.41, 5.74) is 2.60. The maximum atomic E-state index is 10.9. The molecule has 0 saturated carbocycles. The number of benzene rings is 1. The lowest BCUT2D eigenvalue weighted by atomic mass is 10.0. The van der Waals surface area contributed by atoms with Crippen LogP contribution in [-0.4, -0.2) is 21.0 Å². The van der Waals surface area contributed by atoms with Gasteiger partial charge in [0.2, 0.25) is 0 Å². The number of carboxylic acids is 1. The minimum atomic E-state index is -1.04.